The second-order valence-corrected chi connectivity index (χ2v) is 8.25. The van der Waals surface area contributed by atoms with Gasteiger partial charge in [-0.1, -0.05) is 6.07 Å². The Balaban J connectivity index is 1.69. The van der Waals surface area contributed by atoms with Crippen LogP contribution >= 0.6 is 23.1 Å². The molecule has 0 saturated carbocycles. The van der Waals surface area contributed by atoms with Crippen molar-refractivity contribution in [3.05, 3.63) is 57.3 Å². The number of aromatic nitrogens is 5. The SMILES string of the molecule is CSCC[C@@H](NC(=O)c1sc2nc[nH]c(=O)c2c1C)c1nnc2ccccn12. The minimum Gasteiger partial charge on any atom is -0.341 e. The summed E-state index contributed by atoms with van der Waals surface area (Å²) >= 11 is 2.92. The van der Waals surface area contributed by atoms with Gasteiger partial charge in [-0.25, -0.2) is 4.98 Å². The highest BCUT2D eigenvalue weighted by Crippen LogP contribution is 2.27. The van der Waals surface area contributed by atoms with Crippen molar-refractivity contribution < 1.29 is 4.79 Å². The number of nitrogens with zero attached hydrogens (tertiary/aromatic N) is 4. The van der Waals surface area contributed by atoms with Crippen molar-refractivity contribution >= 4 is 44.9 Å². The second kappa shape index (κ2) is 7.72. The van der Waals surface area contributed by atoms with Crippen LogP contribution in [0.25, 0.3) is 15.9 Å². The summed E-state index contributed by atoms with van der Waals surface area (Å²) in [6, 6.07) is 5.38. The molecule has 144 valence electrons. The molecule has 0 radical (unpaired) electrons. The first-order chi connectivity index (χ1) is 13.6. The predicted octanol–water partition coefficient (Wildman–Crippen LogP) is 2.56. The molecule has 0 bridgehead atoms. The third kappa shape index (κ3) is 3.29. The van der Waals surface area contributed by atoms with Crippen LogP contribution in [0.4, 0.5) is 0 Å². The number of aryl methyl sites for hydroxylation is 1. The zero-order chi connectivity index (χ0) is 19.7. The fraction of sp³-hybridized carbons (Fsp3) is 0.278. The van der Waals surface area contributed by atoms with E-state index in [4.69, 9.17) is 0 Å². The maximum absolute atomic E-state index is 13.0. The minimum absolute atomic E-state index is 0.236. The number of carbonyl (C=O) groups excluding carboxylic acids is 1. The lowest BCUT2D eigenvalue weighted by molar-refractivity contribution is 0.0937. The monoisotopic (exact) mass is 414 g/mol. The highest BCUT2D eigenvalue weighted by molar-refractivity contribution is 7.98. The van der Waals surface area contributed by atoms with Gasteiger partial charge in [-0.05, 0) is 43.0 Å². The van der Waals surface area contributed by atoms with Gasteiger partial charge in [0.15, 0.2) is 11.5 Å². The topological polar surface area (TPSA) is 105 Å². The molecule has 8 nitrogen and oxygen atoms in total. The van der Waals surface area contributed by atoms with Crippen LogP contribution in [0.1, 0.15) is 33.5 Å². The number of thiophene rings is 1. The minimum atomic E-state index is -0.298. The Morgan fingerprint density at radius 2 is 2.25 bits per heavy atom. The molecule has 2 N–H and O–H groups in total. The molecule has 0 aliphatic carbocycles. The summed E-state index contributed by atoms with van der Waals surface area (Å²) in [4.78, 5) is 32.9. The number of aromatic amines is 1. The molecule has 0 spiro atoms. The second-order valence-electron chi connectivity index (χ2n) is 6.26. The summed E-state index contributed by atoms with van der Waals surface area (Å²) in [5.74, 6) is 1.31. The number of nitrogens with one attached hydrogen (secondary N) is 2. The lowest BCUT2D eigenvalue weighted by Gasteiger charge is -2.16. The first-order valence-electron chi connectivity index (χ1n) is 8.66. The summed E-state index contributed by atoms with van der Waals surface area (Å²) in [6.45, 7) is 1.77. The Labute approximate surface area is 168 Å². The number of hydrogen-bond acceptors (Lipinski definition) is 7. The number of rotatable bonds is 6. The quantitative estimate of drug-likeness (QED) is 0.502. The summed E-state index contributed by atoms with van der Waals surface area (Å²) < 4.78 is 1.88. The first-order valence-corrected chi connectivity index (χ1v) is 10.9. The molecule has 0 fully saturated rings. The predicted molar refractivity (Wildman–Crippen MR) is 111 cm³/mol. The molecule has 0 unspecified atom stereocenters. The van der Waals surface area contributed by atoms with Crippen molar-refractivity contribution in [1.82, 2.24) is 29.9 Å². The standard InChI is InChI=1S/C18H18N6O2S2/c1-10-13-16(25)19-9-20-18(13)28-14(10)17(26)21-11(6-8-27-2)15-23-22-12-5-3-4-7-24(12)15/h3-5,7,9,11H,6,8H2,1-2H3,(H,21,26)(H,19,20,25)/t11-/m1/s1. The van der Waals surface area contributed by atoms with E-state index in [2.05, 4.69) is 25.5 Å². The molecule has 4 rings (SSSR count). The Kier molecular flexibility index (Phi) is 5.14. The average molecular weight is 415 g/mol. The van der Waals surface area contributed by atoms with Crippen molar-refractivity contribution in [2.24, 2.45) is 0 Å². The Hall–Kier alpha value is -2.72. The lowest BCUT2D eigenvalue weighted by atomic mass is 10.1. The Morgan fingerprint density at radius 3 is 3.04 bits per heavy atom. The first kappa shape index (κ1) is 18.6. The van der Waals surface area contributed by atoms with Crippen LogP contribution in [0, 0.1) is 6.92 Å². The molecule has 10 heteroatoms. The molecule has 0 saturated heterocycles. The maximum atomic E-state index is 13.0. The van der Waals surface area contributed by atoms with Gasteiger partial charge in [0.2, 0.25) is 0 Å². The largest absolute Gasteiger partial charge is 0.341 e. The molecular formula is C18H18N6O2S2. The highest BCUT2D eigenvalue weighted by atomic mass is 32.2. The molecule has 4 heterocycles. The third-order valence-corrected chi connectivity index (χ3v) is 6.35. The van der Waals surface area contributed by atoms with E-state index in [1.54, 1.807) is 18.7 Å². The Bertz CT molecular complexity index is 1210. The highest BCUT2D eigenvalue weighted by Gasteiger charge is 2.24. The van der Waals surface area contributed by atoms with Crippen LogP contribution in [0.15, 0.2) is 35.5 Å². The van der Waals surface area contributed by atoms with Gasteiger partial charge in [0.05, 0.1) is 22.6 Å². The van der Waals surface area contributed by atoms with Gasteiger partial charge < -0.3 is 10.3 Å². The maximum Gasteiger partial charge on any atom is 0.262 e. The fourth-order valence-corrected chi connectivity index (χ4v) is 4.64. The van der Waals surface area contributed by atoms with Gasteiger partial charge >= 0.3 is 0 Å². The molecule has 1 atom stereocenters. The van der Waals surface area contributed by atoms with E-state index < -0.39 is 0 Å². The summed E-state index contributed by atoms with van der Waals surface area (Å²) in [6.07, 6.45) is 5.98. The van der Waals surface area contributed by atoms with E-state index in [1.165, 1.54) is 17.7 Å². The number of pyridine rings is 1. The molecule has 0 aromatic carbocycles. The number of amides is 1. The van der Waals surface area contributed by atoms with Crippen LogP contribution in [0.3, 0.4) is 0 Å². The molecule has 1 amide bonds. The number of hydrogen-bond donors (Lipinski definition) is 2. The van der Waals surface area contributed by atoms with Crippen molar-refractivity contribution in [2.45, 2.75) is 19.4 Å². The normalized spacial score (nSPS) is 12.5. The van der Waals surface area contributed by atoms with Crippen LogP contribution in [-0.2, 0) is 0 Å². The van der Waals surface area contributed by atoms with Gasteiger partial charge in [0.25, 0.3) is 11.5 Å². The summed E-state index contributed by atoms with van der Waals surface area (Å²) in [5.41, 5.74) is 1.14. The van der Waals surface area contributed by atoms with E-state index in [9.17, 15) is 9.59 Å². The van der Waals surface area contributed by atoms with Gasteiger partial charge in [-0.15, -0.1) is 21.5 Å². The van der Waals surface area contributed by atoms with Gasteiger partial charge in [-0.3, -0.25) is 14.0 Å². The van der Waals surface area contributed by atoms with Crippen molar-refractivity contribution in [1.29, 1.82) is 0 Å². The number of carbonyl (C=O) groups is 1. The number of H-pyrrole nitrogens is 1. The van der Waals surface area contributed by atoms with Crippen LogP contribution < -0.4 is 10.9 Å². The Morgan fingerprint density at radius 1 is 1.39 bits per heavy atom. The van der Waals surface area contributed by atoms with E-state index >= 15 is 0 Å². The summed E-state index contributed by atoms with van der Waals surface area (Å²) in [7, 11) is 0. The van der Waals surface area contributed by atoms with E-state index in [0.29, 0.717) is 32.9 Å². The van der Waals surface area contributed by atoms with Crippen LogP contribution in [-0.4, -0.2) is 42.5 Å². The van der Waals surface area contributed by atoms with Gasteiger partial charge in [-0.2, -0.15) is 11.8 Å². The molecule has 28 heavy (non-hydrogen) atoms. The van der Waals surface area contributed by atoms with Crippen LogP contribution in [0.5, 0.6) is 0 Å². The van der Waals surface area contributed by atoms with Crippen molar-refractivity contribution in [3.63, 3.8) is 0 Å². The number of fused-ring (bicyclic) bond motifs is 2. The van der Waals surface area contributed by atoms with Crippen molar-refractivity contribution in [3.8, 4) is 0 Å². The van der Waals surface area contributed by atoms with Gasteiger partial charge in [0, 0.05) is 6.20 Å². The molecular weight excluding hydrogens is 396 g/mol. The van der Waals surface area contributed by atoms with Crippen LogP contribution in [0.2, 0.25) is 0 Å². The van der Waals surface area contributed by atoms with Crippen molar-refractivity contribution in [2.75, 3.05) is 12.0 Å². The van der Waals surface area contributed by atoms with Gasteiger partial charge in [0.1, 0.15) is 4.83 Å². The zero-order valence-corrected chi connectivity index (χ0v) is 16.9. The molecule has 4 aromatic rings. The molecule has 4 aromatic heterocycles. The number of thioether (sulfide) groups is 1. The van der Waals surface area contributed by atoms with E-state index in [1.807, 2.05) is 35.1 Å². The fourth-order valence-electron chi connectivity index (χ4n) is 3.12. The summed E-state index contributed by atoms with van der Waals surface area (Å²) in [5, 5.41) is 12.0. The average Bonchev–Trinajstić information content (AvgIpc) is 3.27. The smallest absolute Gasteiger partial charge is 0.262 e. The molecule has 0 aliphatic heterocycles. The lowest BCUT2D eigenvalue weighted by Crippen LogP contribution is -2.30. The third-order valence-electron chi connectivity index (χ3n) is 4.51. The molecule has 0 aliphatic rings. The van der Waals surface area contributed by atoms with E-state index in [0.717, 1.165) is 11.4 Å². The zero-order valence-electron chi connectivity index (χ0n) is 15.3. The van der Waals surface area contributed by atoms with E-state index in [-0.39, 0.29) is 17.5 Å².